The normalized spacial score (nSPS) is 10.7. The first-order valence-electron chi connectivity index (χ1n) is 10.7. The Bertz CT molecular complexity index is 902. The van der Waals surface area contributed by atoms with E-state index >= 15 is 0 Å². The zero-order chi connectivity index (χ0) is 21.2. The van der Waals surface area contributed by atoms with Crippen molar-refractivity contribution in [3.63, 3.8) is 0 Å². The smallest absolute Gasteiger partial charge is 0.122 e. The van der Waals surface area contributed by atoms with E-state index in [9.17, 15) is 5.11 Å². The Morgan fingerprint density at radius 2 is 1.66 bits per heavy atom. The number of hydrogen-bond donors (Lipinski definition) is 2. The first-order valence-corrected chi connectivity index (χ1v) is 10.7. The summed E-state index contributed by atoms with van der Waals surface area (Å²) in [5.41, 5.74) is 4.96. The van der Waals surface area contributed by atoms with Crippen molar-refractivity contribution in [2.75, 3.05) is 18.4 Å². The molecule has 1 heterocycles. The van der Waals surface area contributed by atoms with Crippen LogP contribution in [0.3, 0.4) is 0 Å². The third-order valence-corrected chi connectivity index (χ3v) is 5.05. The summed E-state index contributed by atoms with van der Waals surface area (Å²) in [6, 6.07) is 14.0. The zero-order valence-electron chi connectivity index (χ0n) is 18.5. The van der Waals surface area contributed by atoms with Crippen LogP contribution in [-0.4, -0.2) is 28.1 Å². The summed E-state index contributed by atoms with van der Waals surface area (Å²) in [7, 11) is 0. The van der Waals surface area contributed by atoms with E-state index in [2.05, 4.69) is 68.0 Å². The van der Waals surface area contributed by atoms with Crippen LogP contribution in [-0.2, 0) is 6.54 Å². The molecule has 0 atom stereocenters. The molecule has 0 unspecified atom stereocenters. The van der Waals surface area contributed by atoms with Gasteiger partial charge in [0.1, 0.15) is 5.75 Å². The van der Waals surface area contributed by atoms with Crippen LogP contribution in [0.15, 0.2) is 48.7 Å². The lowest BCUT2D eigenvalue weighted by molar-refractivity contribution is 0.291. The van der Waals surface area contributed by atoms with Crippen LogP contribution in [0.4, 0.5) is 11.4 Å². The van der Waals surface area contributed by atoms with Crippen molar-refractivity contribution in [1.29, 1.82) is 0 Å². The molecule has 1 aromatic heterocycles. The number of nitrogens with one attached hydrogen (secondary N) is 1. The van der Waals surface area contributed by atoms with Crippen LogP contribution < -0.4 is 5.32 Å². The van der Waals surface area contributed by atoms with E-state index in [1.165, 1.54) is 18.4 Å². The second-order valence-electron chi connectivity index (χ2n) is 7.31. The Balaban J connectivity index is 0.000000687. The molecule has 0 bridgehead atoms. The highest BCUT2D eigenvalue weighted by Gasteiger charge is 2.08. The fourth-order valence-electron chi connectivity index (χ4n) is 2.99. The first kappa shape index (κ1) is 22.7. The van der Waals surface area contributed by atoms with Gasteiger partial charge in [0, 0.05) is 41.1 Å². The summed E-state index contributed by atoms with van der Waals surface area (Å²) in [4.78, 5) is 6.71. The minimum atomic E-state index is 0.325. The van der Waals surface area contributed by atoms with Crippen LogP contribution in [0.1, 0.15) is 51.7 Å². The van der Waals surface area contributed by atoms with Crippen molar-refractivity contribution in [2.45, 2.75) is 54.0 Å². The van der Waals surface area contributed by atoms with Crippen molar-refractivity contribution in [2.24, 2.45) is 0 Å². The molecule has 29 heavy (non-hydrogen) atoms. The second-order valence-corrected chi connectivity index (χ2v) is 7.31. The molecular formula is C25H35N3O. The van der Waals surface area contributed by atoms with Gasteiger partial charge < -0.3 is 10.4 Å². The number of unbranched alkanes of at least 4 members (excludes halogenated alkanes) is 1. The molecule has 2 N–H and O–H groups in total. The average Bonchev–Trinajstić information content (AvgIpc) is 2.73. The SMILES string of the molecule is CCCC.CCN(CC)Cc1ccc(Nc2ccnc3cc(C)ccc23)cc1O. The van der Waals surface area contributed by atoms with E-state index in [-0.39, 0.29) is 0 Å². The van der Waals surface area contributed by atoms with Gasteiger partial charge in [0.2, 0.25) is 0 Å². The molecule has 0 saturated carbocycles. The van der Waals surface area contributed by atoms with Gasteiger partial charge in [-0.05, 0) is 43.8 Å². The molecule has 0 fully saturated rings. The maximum atomic E-state index is 10.4. The number of pyridine rings is 1. The molecule has 3 aromatic rings. The Kier molecular flexibility index (Phi) is 8.94. The molecule has 2 aromatic carbocycles. The minimum Gasteiger partial charge on any atom is -0.508 e. The topological polar surface area (TPSA) is 48.4 Å². The molecule has 0 saturated heterocycles. The van der Waals surface area contributed by atoms with E-state index in [4.69, 9.17) is 0 Å². The van der Waals surface area contributed by atoms with E-state index in [1.54, 1.807) is 12.3 Å². The fraction of sp³-hybridized carbons (Fsp3) is 0.400. The second kappa shape index (κ2) is 11.4. The lowest BCUT2D eigenvalue weighted by Gasteiger charge is -2.19. The van der Waals surface area contributed by atoms with Gasteiger partial charge in [0.25, 0.3) is 0 Å². The number of anilines is 2. The standard InChI is InChI=1S/C21H25N3O.C4H10/c1-4-24(5-2)14-16-7-8-17(13-21(16)25)23-19-10-11-22-20-12-15(3)6-9-18(19)20;1-3-4-2/h6-13,25H,4-5,14H2,1-3H3,(H,22,23);3-4H2,1-2H3. The summed E-state index contributed by atoms with van der Waals surface area (Å²) in [5.74, 6) is 0.325. The number of aromatic hydroxyl groups is 1. The summed E-state index contributed by atoms with van der Waals surface area (Å²) < 4.78 is 0. The van der Waals surface area contributed by atoms with Crippen LogP contribution in [0.2, 0.25) is 0 Å². The van der Waals surface area contributed by atoms with E-state index in [1.807, 2.05) is 18.2 Å². The van der Waals surface area contributed by atoms with Gasteiger partial charge in [0.05, 0.1) is 5.52 Å². The van der Waals surface area contributed by atoms with Crippen molar-refractivity contribution < 1.29 is 5.11 Å². The van der Waals surface area contributed by atoms with E-state index < -0.39 is 0 Å². The third kappa shape index (κ3) is 6.47. The van der Waals surface area contributed by atoms with Crippen molar-refractivity contribution in [1.82, 2.24) is 9.88 Å². The lowest BCUT2D eigenvalue weighted by Crippen LogP contribution is -2.22. The average molecular weight is 394 g/mol. The Morgan fingerprint density at radius 1 is 0.931 bits per heavy atom. The van der Waals surface area contributed by atoms with Gasteiger partial charge in [-0.15, -0.1) is 0 Å². The van der Waals surface area contributed by atoms with Gasteiger partial charge in [-0.2, -0.15) is 0 Å². The summed E-state index contributed by atoms with van der Waals surface area (Å²) >= 11 is 0. The highest BCUT2D eigenvalue weighted by atomic mass is 16.3. The number of benzene rings is 2. The monoisotopic (exact) mass is 393 g/mol. The minimum absolute atomic E-state index is 0.325. The summed E-state index contributed by atoms with van der Waals surface area (Å²) in [5, 5.41) is 14.9. The van der Waals surface area contributed by atoms with Crippen molar-refractivity contribution >= 4 is 22.3 Å². The highest BCUT2D eigenvalue weighted by molar-refractivity contribution is 5.93. The molecule has 0 spiro atoms. The molecule has 0 aliphatic rings. The Morgan fingerprint density at radius 3 is 2.28 bits per heavy atom. The van der Waals surface area contributed by atoms with Crippen molar-refractivity contribution in [3.8, 4) is 5.75 Å². The molecular weight excluding hydrogens is 358 g/mol. The summed E-state index contributed by atoms with van der Waals surface area (Å²) in [6.07, 6.45) is 4.44. The van der Waals surface area contributed by atoms with Gasteiger partial charge >= 0.3 is 0 Å². The van der Waals surface area contributed by atoms with Crippen LogP contribution in [0.25, 0.3) is 10.9 Å². The molecule has 4 nitrogen and oxygen atoms in total. The van der Waals surface area contributed by atoms with Gasteiger partial charge in [-0.1, -0.05) is 58.7 Å². The number of rotatable bonds is 7. The predicted octanol–water partition coefficient (Wildman–Crippen LogP) is 6.64. The summed E-state index contributed by atoms with van der Waals surface area (Å²) in [6.45, 7) is 13.4. The number of fused-ring (bicyclic) bond motifs is 1. The van der Waals surface area contributed by atoms with Crippen LogP contribution >= 0.6 is 0 Å². The van der Waals surface area contributed by atoms with E-state index in [0.717, 1.165) is 47.5 Å². The van der Waals surface area contributed by atoms with Crippen LogP contribution in [0, 0.1) is 6.92 Å². The van der Waals surface area contributed by atoms with Gasteiger partial charge in [-0.3, -0.25) is 9.88 Å². The molecule has 0 radical (unpaired) electrons. The van der Waals surface area contributed by atoms with Gasteiger partial charge in [-0.25, -0.2) is 0 Å². The fourth-order valence-corrected chi connectivity index (χ4v) is 2.99. The van der Waals surface area contributed by atoms with E-state index in [0.29, 0.717) is 5.75 Å². The molecule has 4 heteroatoms. The van der Waals surface area contributed by atoms with Gasteiger partial charge in [0.15, 0.2) is 0 Å². The third-order valence-electron chi connectivity index (χ3n) is 5.05. The highest BCUT2D eigenvalue weighted by Crippen LogP contribution is 2.29. The Hall–Kier alpha value is -2.59. The maximum absolute atomic E-state index is 10.4. The van der Waals surface area contributed by atoms with Crippen molar-refractivity contribution in [3.05, 3.63) is 59.8 Å². The quantitative estimate of drug-likeness (QED) is 0.472. The number of nitrogens with zero attached hydrogens (tertiary/aromatic N) is 2. The number of aryl methyl sites for hydroxylation is 1. The lowest BCUT2D eigenvalue weighted by atomic mass is 10.1. The molecule has 3 rings (SSSR count). The number of hydrogen-bond acceptors (Lipinski definition) is 4. The van der Waals surface area contributed by atoms with Crippen LogP contribution in [0.5, 0.6) is 5.75 Å². The predicted molar refractivity (Wildman–Crippen MR) is 125 cm³/mol. The first-order chi connectivity index (χ1) is 14.0. The Labute approximate surface area is 175 Å². The molecule has 0 aliphatic heterocycles. The molecule has 156 valence electrons. The zero-order valence-corrected chi connectivity index (χ0v) is 18.5. The number of phenolic OH excluding ortho intramolecular Hbond substituents is 1. The number of phenols is 1. The maximum Gasteiger partial charge on any atom is 0.122 e. The molecule has 0 amide bonds. The number of aromatic nitrogens is 1. The molecule has 0 aliphatic carbocycles. The largest absolute Gasteiger partial charge is 0.508 e.